The number of carboxylic acid groups (broad SMARTS) is 1. The largest absolute Gasteiger partial charge is 0.480 e. The van der Waals surface area contributed by atoms with Gasteiger partial charge in [-0.05, 0) is 12.8 Å². The van der Waals surface area contributed by atoms with Gasteiger partial charge in [0.05, 0.1) is 6.20 Å². The number of sulfonamides is 1. The smallest absolute Gasteiger partial charge is 0.325 e. The lowest BCUT2D eigenvalue weighted by Gasteiger charge is -2.05. The molecule has 0 fully saturated rings. The summed E-state index contributed by atoms with van der Waals surface area (Å²) in [5.41, 5.74) is 0. The molecule has 0 radical (unpaired) electrons. The van der Waals surface area contributed by atoms with Crippen LogP contribution in [0.15, 0.2) is 17.3 Å². The first-order valence-corrected chi connectivity index (χ1v) is 7.75. The maximum atomic E-state index is 11.9. The Balaban J connectivity index is 2.43. The molecule has 0 spiro atoms. The standard InChI is InChI=1S/C11H19N3O5S/c1-2-5-19-6-3-4-13-20(17,18)10-7-12-14(8-10)9-11(15)16/h7-8,13H,2-6,9H2,1H3,(H,15,16). The van der Waals surface area contributed by atoms with Crippen LogP contribution in [-0.2, 0) is 26.1 Å². The Morgan fingerprint density at radius 3 is 2.90 bits per heavy atom. The molecule has 0 aliphatic heterocycles. The van der Waals surface area contributed by atoms with Crippen molar-refractivity contribution in [2.24, 2.45) is 0 Å². The van der Waals surface area contributed by atoms with Crippen molar-refractivity contribution in [3.05, 3.63) is 12.4 Å². The predicted octanol–water partition coefficient (Wildman–Crippen LogP) is 0.0627. The molecule has 0 saturated heterocycles. The molecular formula is C11H19N3O5S. The maximum absolute atomic E-state index is 11.9. The molecule has 0 bridgehead atoms. The van der Waals surface area contributed by atoms with Gasteiger partial charge in [-0.3, -0.25) is 9.48 Å². The van der Waals surface area contributed by atoms with Crippen LogP contribution in [0.1, 0.15) is 19.8 Å². The fourth-order valence-electron chi connectivity index (χ4n) is 1.42. The van der Waals surface area contributed by atoms with Gasteiger partial charge < -0.3 is 9.84 Å². The lowest BCUT2D eigenvalue weighted by Crippen LogP contribution is -2.25. The van der Waals surface area contributed by atoms with E-state index in [9.17, 15) is 13.2 Å². The lowest BCUT2D eigenvalue weighted by atomic mass is 10.4. The SMILES string of the molecule is CCCOCCCNS(=O)(=O)c1cnn(CC(=O)O)c1. The van der Waals surface area contributed by atoms with Crippen molar-refractivity contribution < 1.29 is 23.1 Å². The van der Waals surface area contributed by atoms with Gasteiger partial charge >= 0.3 is 5.97 Å². The number of aliphatic carboxylic acids is 1. The number of aromatic nitrogens is 2. The minimum atomic E-state index is -3.65. The third kappa shape index (κ3) is 5.68. The first-order chi connectivity index (χ1) is 9.45. The Labute approximate surface area is 117 Å². The van der Waals surface area contributed by atoms with Gasteiger partial charge in [-0.15, -0.1) is 0 Å². The number of hydrogen-bond donors (Lipinski definition) is 2. The lowest BCUT2D eigenvalue weighted by molar-refractivity contribution is -0.137. The van der Waals surface area contributed by atoms with E-state index in [1.807, 2.05) is 6.92 Å². The summed E-state index contributed by atoms with van der Waals surface area (Å²) in [6.45, 7) is 3.04. The van der Waals surface area contributed by atoms with Crippen LogP contribution in [-0.4, -0.2) is 49.0 Å². The molecule has 0 unspecified atom stereocenters. The van der Waals surface area contributed by atoms with E-state index in [-0.39, 0.29) is 18.0 Å². The van der Waals surface area contributed by atoms with Gasteiger partial charge in [0.1, 0.15) is 11.4 Å². The minimum absolute atomic E-state index is 0.0479. The molecule has 9 heteroatoms. The summed E-state index contributed by atoms with van der Waals surface area (Å²) in [5.74, 6) is -1.09. The number of rotatable bonds is 10. The molecule has 0 aromatic carbocycles. The summed E-state index contributed by atoms with van der Waals surface area (Å²) in [4.78, 5) is 10.4. The molecule has 8 nitrogen and oxygen atoms in total. The van der Waals surface area contributed by atoms with Gasteiger partial charge in [0.15, 0.2) is 0 Å². The van der Waals surface area contributed by atoms with Crippen LogP contribution in [0.3, 0.4) is 0 Å². The molecule has 0 amide bonds. The highest BCUT2D eigenvalue weighted by atomic mass is 32.2. The fraction of sp³-hybridized carbons (Fsp3) is 0.636. The Morgan fingerprint density at radius 1 is 1.50 bits per heavy atom. The van der Waals surface area contributed by atoms with E-state index in [1.54, 1.807) is 0 Å². The molecule has 0 aliphatic rings. The van der Waals surface area contributed by atoms with Crippen molar-refractivity contribution in [2.75, 3.05) is 19.8 Å². The highest BCUT2D eigenvalue weighted by Gasteiger charge is 2.16. The number of ether oxygens (including phenoxy) is 1. The third-order valence-electron chi connectivity index (χ3n) is 2.32. The van der Waals surface area contributed by atoms with E-state index >= 15 is 0 Å². The van der Waals surface area contributed by atoms with E-state index in [1.165, 1.54) is 6.20 Å². The Kier molecular flexibility index (Phi) is 6.62. The molecule has 2 N–H and O–H groups in total. The summed E-state index contributed by atoms with van der Waals surface area (Å²) < 4.78 is 32.4. The van der Waals surface area contributed by atoms with E-state index in [2.05, 4.69) is 9.82 Å². The second kappa shape index (κ2) is 7.98. The van der Waals surface area contributed by atoms with Crippen molar-refractivity contribution in [2.45, 2.75) is 31.2 Å². The number of carboxylic acids is 1. The minimum Gasteiger partial charge on any atom is -0.480 e. The summed E-state index contributed by atoms with van der Waals surface area (Å²) in [6.07, 6.45) is 3.81. The molecule has 1 aromatic rings. The van der Waals surface area contributed by atoms with Crippen LogP contribution in [0.25, 0.3) is 0 Å². The van der Waals surface area contributed by atoms with Crippen LogP contribution in [0, 0.1) is 0 Å². The van der Waals surface area contributed by atoms with Gasteiger partial charge in [0.2, 0.25) is 10.0 Å². The van der Waals surface area contributed by atoms with Gasteiger partial charge in [-0.1, -0.05) is 6.92 Å². The van der Waals surface area contributed by atoms with Gasteiger partial charge in [0.25, 0.3) is 0 Å². The van der Waals surface area contributed by atoms with Crippen molar-refractivity contribution in [3.63, 3.8) is 0 Å². The first-order valence-electron chi connectivity index (χ1n) is 6.27. The molecule has 0 saturated carbocycles. The summed E-state index contributed by atoms with van der Waals surface area (Å²) in [6, 6.07) is 0. The number of nitrogens with one attached hydrogen (secondary N) is 1. The normalized spacial score (nSPS) is 11.7. The van der Waals surface area contributed by atoms with Crippen LogP contribution < -0.4 is 4.72 Å². The zero-order valence-corrected chi connectivity index (χ0v) is 12.1. The molecule has 1 heterocycles. The van der Waals surface area contributed by atoms with E-state index in [4.69, 9.17) is 9.84 Å². The number of carbonyl (C=O) groups is 1. The van der Waals surface area contributed by atoms with Gasteiger partial charge in [-0.25, -0.2) is 13.1 Å². The highest BCUT2D eigenvalue weighted by Crippen LogP contribution is 2.06. The Bertz CT molecular complexity index is 526. The number of nitrogens with zero attached hydrogens (tertiary/aromatic N) is 2. The van der Waals surface area contributed by atoms with Crippen LogP contribution in [0.2, 0.25) is 0 Å². The van der Waals surface area contributed by atoms with Crippen molar-refractivity contribution in [1.29, 1.82) is 0 Å². The van der Waals surface area contributed by atoms with E-state index in [0.29, 0.717) is 19.6 Å². The van der Waals surface area contributed by atoms with Crippen LogP contribution in [0.5, 0.6) is 0 Å². The molecule has 0 aliphatic carbocycles. The predicted molar refractivity (Wildman–Crippen MR) is 70.8 cm³/mol. The average Bonchev–Trinajstić information content (AvgIpc) is 2.82. The third-order valence-corrected chi connectivity index (χ3v) is 3.74. The Morgan fingerprint density at radius 2 is 2.25 bits per heavy atom. The summed E-state index contributed by atoms with van der Waals surface area (Å²) in [7, 11) is -3.65. The van der Waals surface area contributed by atoms with E-state index in [0.717, 1.165) is 17.3 Å². The summed E-state index contributed by atoms with van der Waals surface area (Å²) in [5, 5.41) is 12.3. The van der Waals surface area contributed by atoms with Crippen LogP contribution >= 0.6 is 0 Å². The molecule has 1 aromatic heterocycles. The van der Waals surface area contributed by atoms with Crippen LogP contribution in [0.4, 0.5) is 0 Å². The topological polar surface area (TPSA) is 111 Å². The molecule has 1 rings (SSSR count). The van der Waals surface area contributed by atoms with E-state index < -0.39 is 16.0 Å². The average molecular weight is 305 g/mol. The Hall–Kier alpha value is -1.45. The quantitative estimate of drug-likeness (QED) is 0.592. The summed E-state index contributed by atoms with van der Waals surface area (Å²) >= 11 is 0. The zero-order valence-electron chi connectivity index (χ0n) is 11.3. The molecule has 0 atom stereocenters. The van der Waals surface area contributed by atoms with Crippen molar-refractivity contribution >= 4 is 16.0 Å². The second-order valence-electron chi connectivity index (χ2n) is 4.13. The zero-order chi connectivity index (χ0) is 15.0. The van der Waals surface area contributed by atoms with Crippen molar-refractivity contribution in [3.8, 4) is 0 Å². The highest BCUT2D eigenvalue weighted by molar-refractivity contribution is 7.89. The monoisotopic (exact) mass is 305 g/mol. The van der Waals surface area contributed by atoms with Gasteiger partial charge in [-0.2, -0.15) is 5.10 Å². The maximum Gasteiger partial charge on any atom is 0.325 e. The first kappa shape index (κ1) is 16.6. The van der Waals surface area contributed by atoms with Crippen molar-refractivity contribution in [1.82, 2.24) is 14.5 Å². The molecule has 20 heavy (non-hydrogen) atoms. The second-order valence-corrected chi connectivity index (χ2v) is 5.90. The van der Waals surface area contributed by atoms with Gasteiger partial charge in [0, 0.05) is 26.0 Å². The number of hydrogen-bond acceptors (Lipinski definition) is 5. The fourth-order valence-corrected chi connectivity index (χ4v) is 2.45. The molecular weight excluding hydrogens is 286 g/mol. The molecule has 114 valence electrons.